The summed E-state index contributed by atoms with van der Waals surface area (Å²) in [7, 11) is -4.39. The summed E-state index contributed by atoms with van der Waals surface area (Å²) in [4.78, 5) is -0.130. The van der Waals surface area contributed by atoms with Gasteiger partial charge in [0.2, 0.25) is 0 Å². The number of phenolic OH excluding ortho intramolecular Hbond substituents is 1. The molecular weight excluding hydrogens is 324 g/mol. The van der Waals surface area contributed by atoms with E-state index in [4.69, 9.17) is 0 Å². The lowest BCUT2D eigenvalue weighted by atomic mass is 9.88. The van der Waals surface area contributed by atoms with Gasteiger partial charge in [-0.3, -0.25) is 4.55 Å². The fourth-order valence-corrected chi connectivity index (χ4v) is 4.59. The Bertz CT molecular complexity index is 958. The van der Waals surface area contributed by atoms with Gasteiger partial charge in [0.25, 0.3) is 10.1 Å². The van der Waals surface area contributed by atoms with Gasteiger partial charge in [-0.25, -0.2) is 0 Å². The summed E-state index contributed by atoms with van der Waals surface area (Å²) in [5.74, 6) is 0.144. The van der Waals surface area contributed by atoms with Crippen molar-refractivity contribution in [3.63, 3.8) is 0 Å². The molecular formula is C19H18O4S. The second-order valence-corrected chi connectivity index (χ2v) is 7.84. The number of hydrogen-bond acceptors (Lipinski definition) is 3. The lowest BCUT2D eigenvalue weighted by Crippen LogP contribution is -2.06. The zero-order valence-corrected chi connectivity index (χ0v) is 13.9. The molecule has 24 heavy (non-hydrogen) atoms. The van der Waals surface area contributed by atoms with E-state index in [9.17, 15) is 18.1 Å². The van der Waals surface area contributed by atoms with E-state index in [0.717, 1.165) is 42.4 Å². The second kappa shape index (κ2) is 5.46. The van der Waals surface area contributed by atoms with Crippen LogP contribution in [0.1, 0.15) is 35.4 Å². The number of fused-ring (bicyclic) bond motifs is 3. The minimum Gasteiger partial charge on any atom is -0.507 e. The minimum absolute atomic E-state index is 0.0345. The number of aryl methyl sites for hydroxylation is 2. The summed E-state index contributed by atoms with van der Waals surface area (Å²) < 4.78 is 33.6. The Labute approximate surface area is 141 Å². The molecule has 0 unspecified atom stereocenters. The fourth-order valence-electron chi connectivity index (χ4n) is 3.87. The van der Waals surface area contributed by atoms with Gasteiger partial charge in [-0.05, 0) is 60.6 Å². The van der Waals surface area contributed by atoms with Crippen LogP contribution < -0.4 is 0 Å². The Morgan fingerprint density at radius 1 is 1.08 bits per heavy atom. The minimum atomic E-state index is -4.39. The molecule has 2 N–H and O–H groups in total. The van der Waals surface area contributed by atoms with Crippen LogP contribution in [0.4, 0.5) is 0 Å². The van der Waals surface area contributed by atoms with Crippen LogP contribution in [0.15, 0.2) is 47.4 Å². The van der Waals surface area contributed by atoms with Gasteiger partial charge in [0, 0.05) is 17.0 Å². The van der Waals surface area contributed by atoms with Crippen molar-refractivity contribution >= 4 is 10.1 Å². The Kier molecular flexibility index (Phi) is 3.51. The van der Waals surface area contributed by atoms with Gasteiger partial charge < -0.3 is 5.11 Å². The molecule has 0 spiro atoms. The van der Waals surface area contributed by atoms with Crippen LogP contribution >= 0.6 is 0 Å². The van der Waals surface area contributed by atoms with Crippen molar-refractivity contribution in [2.24, 2.45) is 0 Å². The molecule has 0 aromatic heterocycles. The van der Waals surface area contributed by atoms with Gasteiger partial charge in [0.05, 0.1) is 0 Å². The molecule has 2 aliphatic carbocycles. The quantitative estimate of drug-likeness (QED) is 0.610. The summed E-state index contributed by atoms with van der Waals surface area (Å²) in [6, 6.07) is 8.53. The van der Waals surface area contributed by atoms with E-state index in [-0.39, 0.29) is 16.6 Å². The van der Waals surface area contributed by atoms with Crippen molar-refractivity contribution in [3.8, 4) is 16.9 Å². The Morgan fingerprint density at radius 3 is 2.71 bits per heavy atom. The monoisotopic (exact) mass is 342 g/mol. The van der Waals surface area contributed by atoms with Gasteiger partial charge in [-0.2, -0.15) is 8.42 Å². The maximum absolute atomic E-state index is 12.0. The van der Waals surface area contributed by atoms with Gasteiger partial charge in [-0.15, -0.1) is 0 Å². The molecule has 4 nitrogen and oxygen atoms in total. The van der Waals surface area contributed by atoms with Crippen molar-refractivity contribution in [2.45, 2.75) is 36.5 Å². The molecule has 2 aromatic rings. The third-order valence-electron chi connectivity index (χ3n) is 4.97. The molecule has 0 saturated heterocycles. The normalized spacial score (nSPS) is 19.1. The van der Waals surface area contributed by atoms with Crippen LogP contribution in [-0.4, -0.2) is 18.1 Å². The highest BCUT2D eigenvalue weighted by Gasteiger charge is 2.30. The number of benzene rings is 2. The third-order valence-corrected chi connectivity index (χ3v) is 5.87. The van der Waals surface area contributed by atoms with Crippen LogP contribution in [-0.2, 0) is 23.0 Å². The standard InChI is InChI=1S/C19H18O4S/c20-16-9-5-12-3-1-2-4-13-6-7-14-8-10-17(24(21,22)23)19(18(13)14)15(16)11-12/h2,4-5,8-11,13,20H,1,3,6-7H2,(H,21,22,23)/t13-/m1/s1. The number of phenols is 1. The van der Waals surface area contributed by atoms with E-state index in [1.165, 1.54) is 6.07 Å². The first-order valence-corrected chi connectivity index (χ1v) is 9.51. The molecule has 0 amide bonds. The highest BCUT2D eigenvalue weighted by Crippen LogP contribution is 2.46. The van der Waals surface area contributed by atoms with Crippen LogP contribution in [0.25, 0.3) is 11.1 Å². The summed E-state index contributed by atoms with van der Waals surface area (Å²) in [5, 5.41) is 10.4. The maximum atomic E-state index is 12.0. The van der Waals surface area contributed by atoms with Crippen molar-refractivity contribution < 1.29 is 18.1 Å². The van der Waals surface area contributed by atoms with Crippen molar-refractivity contribution in [1.82, 2.24) is 0 Å². The Hall–Kier alpha value is -2.11. The van der Waals surface area contributed by atoms with Gasteiger partial charge in [0.15, 0.2) is 0 Å². The topological polar surface area (TPSA) is 74.6 Å². The molecule has 2 bridgehead atoms. The zero-order valence-electron chi connectivity index (χ0n) is 13.1. The maximum Gasteiger partial charge on any atom is 0.295 e. The first-order valence-electron chi connectivity index (χ1n) is 8.07. The highest BCUT2D eigenvalue weighted by molar-refractivity contribution is 7.86. The molecule has 2 aromatic carbocycles. The van der Waals surface area contributed by atoms with Crippen LogP contribution in [0.2, 0.25) is 0 Å². The van der Waals surface area contributed by atoms with Crippen molar-refractivity contribution in [3.05, 3.63) is 59.2 Å². The van der Waals surface area contributed by atoms with Crippen LogP contribution in [0.5, 0.6) is 5.75 Å². The van der Waals surface area contributed by atoms with Gasteiger partial charge in [-0.1, -0.05) is 24.3 Å². The number of rotatable bonds is 1. The highest BCUT2D eigenvalue weighted by atomic mass is 32.2. The van der Waals surface area contributed by atoms with E-state index in [2.05, 4.69) is 12.2 Å². The zero-order chi connectivity index (χ0) is 16.9. The lowest BCUT2D eigenvalue weighted by Gasteiger charge is -2.19. The van der Waals surface area contributed by atoms with Crippen LogP contribution in [0.3, 0.4) is 0 Å². The fraction of sp³-hybridized carbons (Fsp3) is 0.263. The SMILES string of the molecule is O=S(=O)(O)c1ccc2c3c1-c1cc(ccc1O)CCC=C[C@@H]3CC2. The lowest BCUT2D eigenvalue weighted by molar-refractivity contribution is 0.476. The van der Waals surface area contributed by atoms with E-state index < -0.39 is 10.1 Å². The van der Waals surface area contributed by atoms with Crippen molar-refractivity contribution in [1.29, 1.82) is 0 Å². The Balaban J connectivity index is 2.14. The molecule has 0 radical (unpaired) electrons. The number of allylic oxidation sites excluding steroid dienone is 2. The smallest absolute Gasteiger partial charge is 0.295 e. The average molecular weight is 342 g/mol. The molecule has 5 heteroatoms. The average Bonchev–Trinajstić information content (AvgIpc) is 2.94. The summed E-state index contributed by atoms with van der Waals surface area (Å²) >= 11 is 0. The van der Waals surface area contributed by atoms with Crippen LogP contribution in [0, 0.1) is 0 Å². The molecule has 124 valence electrons. The molecule has 0 saturated carbocycles. The van der Waals surface area contributed by atoms with Gasteiger partial charge in [0.1, 0.15) is 10.6 Å². The summed E-state index contributed by atoms with van der Waals surface area (Å²) in [6.07, 6.45) is 7.78. The Morgan fingerprint density at radius 2 is 1.92 bits per heavy atom. The van der Waals surface area contributed by atoms with E-state index in [1.807, 2.05) is 12.1 Å². The predicted molar refractivity (Wildman–Crippen MR) is 91.9 cm³/mol. The molecule has 4 rings (SSSR count). The summed E-state index contributed by atoms with van der Waals surface area (Å²) in [5.41, 5.74) is 3.96. The first-order chi connectivity index (χ1) is 11.4. The predicted octanol–water partition coefficient (Wildman–Crippen LogP) is 3.84. The van der Waals surface area contributed by atoms with E-state index in [0.29, 0.717) is 11.1 Å². The molecule has 0 fully saturated rings. The van der Waals surface area contributed by atoms with Crippen molar-refractivity contribution in [2.75, 3.05) is 0 Å². The van der Waals surface area contributed by atoms with Gasteiger partial charge >= 0.3 is 0 Å². The molecule has 2 aliphatic rings. The number of hydrogen-bond donors (Lipinski definition) is 2. The first kappa shape index (κ1) is 15.4. The largest absolute Gasteiger partial charge is 0.507 e. The van der Waals surface area contributed by atoms with E-state index >= 15 is 0 Å². The number of aromatic hydroxyl groups is 1. The molecule has 0 aliphatic heterocycles. The van der Waals surface area contributed by atoms with E-state index in [1.54, 1.807) is 12.1 Å². The molecule has 0 heterocycles. The molecule has 1 atom stereocenters. The summed E-state index contributed by atoms with van der Waals surface area (Å²) in [6.45, 7) is 0. The second-order valence-electron chi connectivity index (χ2n) is 6.45. The third kappa shape index (κ3) is 2.44.